The number of fused-ring (bicyclic) bond motifs is 1. The highest BCUT2D eigenvalue weighted by Crippen LogP contribution is 2.18. The Balaban J connectivity index is 1.73. The Morgan fingerprint density at radius 2 is 2.16 bits per heavy atom. The summed E-state index contributed by atoms with van der Waals surface area (Å²) < 4.78 is 0. The second kappa shape index (κ2) is 5.26. The molecule has 98 valence electrons. The molecule has 1 aromatic heterocycles. The first kappa shape index (κ1) is 12.0. The van der Waals surface area contributed by atoms with Crippen molar-refractivity contribution in [1.29, 1.82) is 0 Å². The van der Waals surface area contributed by atoms with Crippen LogP contribution in [0.3, 0.4) is 0 Å². The van der Waals surface area contributed by atoms with Gasteiger partial charge in [0.1, 0.15) is 0 Å². The summed E-state index contributed by atoms with van der Waals surface area (Å²) in [6.45, 7) is 0.737. The van der Waals surface area contributed by atoms with Gasteiger partial charge in [-0.1, -0.05) is 24.3 Å². The molecule has 1 aromatic carbocycles. The van der Waals surface area contributed by atoms with E-state index in [1.807, 2.05) is 12.3 Å². The largest absolute Gasteiger partial charge is 0.354 e. The maximum Gasteiger partial charge on any atom is 0.191 e. The molecule has 1 fully saturated rings. The van der Waals surface area contributed by atoms with Gasteiger partial charge in [0.25, 0.3) is 0 Å². The van der Waals surface area contributed by atoms with Gasteiger partial charge in [0.15, 0.2) is 5.96 Å². The fourth-order valence-corrected chi connectivity index (χ4v) is 2.10. The van der Waals surface area contributed by atoms with Crippen molar-refractivity contribution in [3.05, 3.63) is 42.1 Å². The molecule has 4 heteroatoms. The summed E-state index contributed by atoms with van der Waals surface area (Å²) in [6, 6.07) is 10.9. The number of nitrogens with zero attached hydrogens (tertiary/aromatic N) is 2. The molecule has 1 aliphatic carbocycles. The molecule has 0 aliphatic heterocycles. The maximum absolute atomic E-state index is 4.46. The van der Waals surface area contributed by atoms with Gasteiger partial charge in [-0.15, -0.1) is 0 Å². The normalized spacial score (nSPS) is 15.5. The Morgan fingerprint density at radius 3 is 2.95 bits per heavy atom. The van der Waals surface area contributed by atoms with Crippen LogP contribution in [0, 0.1) is 0 Å². The van der Waals surface area contributed by atoms with Gasteiger partial charge in [-0.25, -0.2) is 0 Å². The van der Waals surface area contributed by atoms with E-state index in [0.29, 0.717) is 6.04 Å². The summed E-state index contributed by atoms with van der Waals surface area (Å²) in [6.07, 6.45) is 4.33. The van der Waals surface area contributed by atoms with Gasteiger partial charge in [-0.2, -0.15) is 0 Å². The zero-order chi connectivity index (χ0) is 13.1. The molecule has 3 rings (SSSR count). The summed E-state index contributed by atoms with van der Waals surface area (Å²) in [4.78, 5) is 8.70. The van der Waals surface area contributed by atoms with Crippen molar-refractivity contribution >= 4 is 16.9 Å². The zero-order valence-corrected chi connectivity index (χ0v) is 11.1. The van der Waals surface area contributed by atoms with Crippen LogP contribution in [0.4, 0.5) is 0 Å². The number of para-hydroxylation sites is 1. The average Bonchev–Trinajstić information content (AvgIpc) is 3.27. The van der Waals surface area contributed by atoms with Crippen LogP contribution in [0.25, 0.3) is 10.9 Å². The van der Waals surface area contributed by atoms with E-state index in [-0.39, 0.29) is 0 Å². The van der Waals surface area contributed by atoms with Gasteiger partial charge in [-0.3, -0.25) is 9.98 Å². The second-order valence-electron chi connectivity index (χ2n) is 4.84. The van der Waals surface area contributed by atoms with E-state index in [4.69, 9.17) is 0 Å². The zero-order valence-electron chi connectivity index (χ0n) is 11.1. The Bertz CT molecular complexity index is 597. The summed E-state index contributed by atoms with van der Waals surface area (Å²) >= 11 is 0. The molecule has 2 N–H and O–H groups in total. The summed E-state index contributed by atoms with van der Waals surface area (Å²) in [5.41, 5.74) is 2.25. The molecule has 2 aromatic rings. The Hall–Kier alpha value is -2.10. The molecule has 0 bridgehead atoms. The lowest BCUT2D eigenvalue weighted by molar-refractivity contribution is 0.807. The van der Waals surface area contributed by atoms with Crippen molar-refractivity contribution in [2.45, 2.75) is 25.4 Å². The highest BCUT2D eigenvalue weighted by molar-refractivity contribution is 5.83. The topological polar surface area (TPSA) is 49.3 Å². The molecule has 1 saturated carbocycles. The summed E-state index contributed by atoms with van der Waals surface area (Å²) in [5, 5.41) is 7.90. The van der Waals surface area contributed by atoms with Gasteiger partial charge in [0, 0.05) is 31.2 Å². The predicted octanol–water partition coefficient (Wildman–Crippen LogP) is 2.06. The average molecular weight is 254 g/mol. The molecule has 0 saturated heterocycles. The first-order valence-corrected chi connectivity index (χ1v) is 6.66. The lowest BCUT2D eigenvalue weighted by Crippen LogP contribution is -2.38. The highest BCUT2D eigenvalue weighted by atomic mass is 15.2. The van der Waals surface area contributed by atoms with Crippen molar-refractivity contribution in [2.75, 3.05) is 7.05 Å². The smallest absolute Gasteiger partial charge is 0.191 e. The number of hydrogen-bond acceptors (Lipinski definition) is 2. The quantitative estimate of drug-likeness (QED) is 0.651. The predicted molar refractivity (Wildman–Crippen MR) is 78.1 cm³/mol. The first-order chi connectivity index (χ1) is 9.36. The fraction of sp³-hybridized carbons (Fsp3) is 0.333. The minimum atomic E-state index is 0.608. The van der Waals surface area contributed by atoms with Crippen molar-refractivity contribution in [3.8, 4) is 0 Å². The van der Waals surface area contributed by atoms with Crippen LogP contribution >= 0.6 is 0 Å². The standard InChI is InChI=1S/C15H18N4/c1-16-15(19-13-7-8-13)18-10-12-5-2-4-11-6-3-9-17-14(11)12/h2-6,9,13H,7-8,10H2,1H3,(H2,16,18,19). The molecular formula is C15H18N4. The number of hydrogen-bond donors (Lipinski definition) is 2. The van der Waals surface area contributed by atoms with Gasteiger partial charge in [-0.05, 0) is 24.5 Å². The monoisotopic (exact) mass is 254 g/mol. The SMILES string of the molecule is CN=C(NCc1cccc2cccnc12)NC1CC1. The number of aliphatic imine (C=N–C) groups is 1. The van der Waals surface area contributed by atoms with Crippen molar-refractivity contribution in [3.63, 3.8) is 0 Å². The number of nitrogens with one attached hydrogen (secondary N) is 2. The molecule has 0 spiro atoms. The van der Waals surface area contributed by atoms with E-state index >= 15 is 0 Å². The highest BCUT2D eigenvalue weighted by Gasteiger charge is 2.22. The molecule has 0 amide bonds. The molecule has 19 heavy (non-hydrogen) atoms. The molecule has 1 heterocycles. The third kappa shape index (κ3) is 2.84. The van der Waals surface area contributed by atoms with E-state index in [2.05, 4.69) is 44.9 Å². The van der Waals surface area contributed by atoms with E-state index in [1.165, 1.54) is 23.8 Å². The van der Waals surface area contributed by atoms with E-state index < -0.39 is 0 Å². The molecule has 0 radical (unpaired) electrons. The van der Waals surface area contributed by atoms with Gasteiger partial charge < -0.3 is 10.6 Å². The van der Waals surface area contributed by atoms with Gasteiger partial charge in [0.2, 0.25) is 0 Å². The minimum absolute atomic E-state index is 0.608. The number of benzene rings is 1. The van der Waals surface area contributed by atoms with Gasteiger partial charge >= 0.3 is 0 Å². The van der Waals surface area contributed by atoms with Crippen LogP contribution < -0.4 is 10.6 Å². The fourth-order valence-electron chi connectivity index (χ4n) is 2.10. The second-order valence-corrected chi connectivity index (χ2v) is 4.84. The number of aromatic nitrogens is 1. The maximum atomic E-state index is 4.46. The number of rotatable bonds is 3. The van der Waals surface area contributed by atoms with Crippen LogP contribution in [0.5, 0.6) is 0 Å². The van der Waals surface area contributed by atoms with Crippen LogP contribution in [-0.4, -0.2) is 24.0 Å². The molecular weight excluding hydrogens is 236 g/mol. The van der Waals surface area contributed by atoms with E-state index in [0.717, 1.165) is 18.0 Å². The van der Waals surface area contributed by atoms with E-state index in [9.17, 15) is 0 Å². The Labute approximate surface area is 113 Å². The Morgan fingerprint density at radius 1 is 1.32 bits per heavy atom. The molecule has 0 atom stereocenters. The van der Waals surface area contributed by atoms with Crippen molar-refractivity contribution < 1.29 is 0 Å². The van der Waals surface area contributed by atoms with Crippen molar-refractivity contribution in [1.82, 2.24) is 15.6 Å². The molecule has 4 nitrogen and oxygen atoms in total. The third-order valence-electron chi connectivity index (χ3n) is 3.30. The third-order valence-corrected chi connectivity index (χ3v) is 3.30. The molecule has 1 aliphatic rings. The lowest BCUT2D eigenvalue weighted by Gasteiger charge is -2.12. The Kier molecular flexibility index (Phi) is 3.31. The van der Waals surface area contributed by atoms with Crippen LogP contribution in [0.2, 0.25) is 0 Å². The summed E-state index contributed by atoms with van der Waals surface area (Å²) in [5.74, 6) is 0.871. The lowest BCUT2D eigenvalue weighted by atomic mass is 10.1. The van der Waals surface area contributed by atoms with Gasteiger partial charge in [0.05, 0.1) is 5.52 Å². The van der Waals surface area contributed by atoms with Crippen LogP contribution in [0.1, 0.15) is 18.4 Å². The summed E-state index contributed by atoms with van der Waals surface area (Å²) in [7, 11) is 1.80. The number of pyridine rings is 1. The molecule has 0 unspecified atom stereocenters. The van der Waals surface area contributed by atoms with E-state index in [1.54, 1.807) is 7.05 Å². The minimum Gasteiger partial charge on any atom is -0.354 e. The van der Waals surface area contributed by atoms with Crippen LogP contribution in [-0.2, 0) is 6.54 Å². The first-order valence-electron chi connectivity index (χ1n) is 6.66. The van der Waals surface area contributed by atoms with Crippen molar-refractivity contribution in [2.24, 2.45) is 4.99 Å². The number of guanidine groups is 1. The van der Waals surface area contributed by atoms with Crippen LogP contribution in [0.15, 0.2) is 41.5 Å².